The van der Waals surface area contributed by atoms with Gasteiger partial charge >= 0.3 is 6.09 Å². The molecule has 90 valence electrons. The number of amidine groups is 1. The fourth-order valence-electron chi connectivity index (χ4n) is 1.70. The van der Waals surface area contributed by atoms with Crippen LogP contribution in [-0.4, -0.2) is 36.5 Å². The summed E-state index contributed by atoms with van der Waals surface area (Å²) in [5.41, 5.74) is 0.764. The van der Waals surface area contributed by atoms with Gasteiger partial charge in [0.2, 0.25) is 0 Å². The van der Waals surface area contributed by atoms with Crippen molar-refractivity contribution in [1.29, 1.82) is 0 Å². The zero-order chi connectivity index (χ0) is 12.3. The van der Waals surface area contributed by atoms with Gasteiger partial charge < -0.3 is 4.74 Å². The molecule has 5 heteroatoms. The summed E-state index contributed by atoms with van der Waals surface area (Å²) in [4.78, 5) is 17.5. The van der Waals surface area contributed by atoms with Crippen LogP contribution in [0.2, 0.25) is 5.02 Å². The Hall–Kier alpha value is -1.55. The molecule has 0 aromatic heterocycles. The molecule has 1 aromatic carbocycles. The van der Waals surface area contributed by atoms with Crippen LogP contribution in [-0.2, 0) is 4.74 Å². The Balaban J connectivity index is 2.26. The molecule has 2 rings (SSSR count). The van der Waals surface area contributed by atoms with E-state index >= 15 is 0 Å². The van der Waals surface area contributed by atoms with E-state index in [1.165, 1.54) is 4.90 Å². The standard InChI is InChI=1S/C12H13ClN2O2/c1-2-17-12(16)15-8-7-14-11(15)9-5-3-4-6-10(9)13/h3-6H,2,7-8H2,1H3. The number of ether oxygens (including phenoxy) is 1. The fourth-order valence-corrected chi connectivity index (χ4v) is 1.92. The minimum Gasteiger partial charge on any atom is -0.449 e. The van der Waals surface area contributed by atoms with E-state index < -0.39 is 0 Å². The molecule has 4 nitrogen and oxygen atoms in total. The van der Waals surface area contributed by atoms with Gasteiger partial charge in [-0.25, -0.2) is 4.79 Å². The predicted molar refractivity (Wildman–Crippen MR) is 66.6 cm³/mol. The number of hydrogen-bond acceptors (Lipinski definition) is 3. The number of halogens is 1. The van der Waals surface area contributed by atoms with Gasteiger partial charge in [0.05, 0.1) is 24.7 Å². The minimum absolute atomic E-state index is 0.352. The SMILES string of the molecule is CCOC(=O)N1CCN=C1c1ccccc1Cl. The largest absolute Gasteiger partial charge is 0.449 e. The van der Waals surface area contributed by atoms with Crippen molar-refractivity contribution in [3.05, 3.63) is 34.9 Å². The van der Waals surface area contributed by atoms with Gasteiger partial charge in [-0.05, 0) is 19.1 Å². The Morgan fingerprint density at radius 3 is 3.00 bits per heavy atom. The maximum atomic E-state index is 11.7. The van der Waals surface area contributed by atoms with Gasteiger partial charge in [-0.15, -0.1) is 0 Å². The van der Waals surface area contributed by atoms with Crippen LogP contribution in [0.5, 0.6) is 0 Å². The molecule has 0 bridgehead atoms. The van der Waals surface area contributed by atoms with Crippen molar-refractivity contribution in [2.24, 2.45) is 4.99 Å². The Morgan fingerprint density at radius 1 is 1.53 bits per heavy atom. The monoisotopic (exact) mass is 252 g/mol. The van der Waals surface area contributed by atoms with Crippen LogP contribution in [0.3, 0.4) is 0 Å². The molecule has 0 spiro atoms. The molecular formula is C12H13ClN2O2. The van der Waals surface area contributed by atoms with E-state index in [1.54, 1.807) is 13.0 Å². The Labute approximate surface area is 105 Å². The third-order valence-electron chi connectivity index (χ3n) is 2.44. The van der Waals surface area contributed by atoms with Crippen molar-refractivity contribution in [2.75, 3.05) is 19.7 Å². The zero-order valence-electron chi connectivity index (χ0n) is 9.52. The van der Waals surface area contributed by atoms with Crippen LogP contribution in [0.25, 0.3) is 0 Å². The van der Waals surface area contributed by atoms with Gasteiger partial charge in [-0.1, -0.05) is 23.7 Å². The maximum Gasteiger partial charge on any atom is 0.415 e. The summed E-state index contributed by atoms with van der Waals surface area (Å²) in [5.74, 6) is 0.592. The average molecular weight is 253 g/mol. The number of carbonyl (C=O) groups is 1. The third kappa shape index (κ3) is 2.42. The van der Waals surface area contributed by atoms with Gasteiger partial charge in [0.1, 0.15) is 5.84 Å². The molecule has 0 atom stereocenters. The van der Waals surface area contributed by atoms with E-state index in [1.807, 2.05) is 18.2 Å². The molecule has 0 unspecified atom stereocenters. The maximum absolute atomic E-state index is 11.7. The summed E-state index contributed by atoms with van der Waals surface area (Å²) in [6, 6.07) is 7.33. The second-order valence-corrected chi connectivity index (χ2v) is 3.94. The van der Waals surface area contributed by atoms with Gasteiger partial charge in [0, 0.05) is 5.56 Å². The topological polar surface area (TPSA) is 41.9 Å². The van der Waals surface area contributed by atoms with Gasteiger partial charge in [0.25, 0.3) is 0 Å². The van der Waals surface area contributed by atoms with Crippen LogP contribution >= 0.6 is 11.6 Å². The highest BCUT2D eigenvalue weighted by atomic mass is 35.5. The molecule has 0 aliphatic carbocycles. The van der Waals surface area contributed by atoms with E-state index in [-0.39, 0.29) is 6.09 Å². The number of carbonyl (C=O) groups excluding carboxylic acids is 1. The summed E-state index contributed by atoms with van der Waals surface area (Å²) < 4.78 is 4.98. The molecular weight excluding hydrogens is 240 g/mol. The number of amides is 1. The lowest BCUT2D eigenvalue weighted by atomic mass is 10.2. The predicted octanol–water partition coefficient (Wildman–Crippen LogP) is 2.56. The molecule has 0 N–H and O–H groups in total. The molecule has 1 heterocycles. The van der Waals surface area contributed by atoms with E-state index in [0.717, 1.165) is 5.56 Å². The first kappa shape index (κ1) is 11.9. The molecule has 0 saturated heterocycles. The number of aliphatic imine (C=N–C) groups is 1. The van der Waals surface area contributed by atoms with Gasteiger partial charge in [0.15, 0.2) is 0 Å². The highest BCUT2D eigenvalue weighted by Crippen LogP contribution is 2.20. The molecule has 0 radical (unpaired) electrons. The Morgan fingerprint density at radius 2 is 2.29 bits per heavy atom. The first-order chi connectivity index (χ1) is 8.24. The smallest absolute Gasteiger partial charge is 0.415 e. The van der Waals surface area contributed by atoms with Crippen molar-refractivity contribution >= 4 is 23.5 Å². The summed E-state index contributed by atoms with van der Waals surface area (Å²) in [6.07, 6.45) is -0.372. The lowest BCUT2D eigenvalue weighted by molar-refractivity contribution is 0.130. The van der Waals surface area contributed by atoms with Gasteiger partial charge in [-0.2, -0.15) is 0 Å². The molecule has 1 aliphatic heterocycles. The average Bonchev–Trinajstić information content (AvgIpc) is 2.79. The van der Waals surface area contributed by atoms with Crippen molar-refractivity contribution in [2.45, 2.75) is 6.92 Å². The van der Waals surface area contributed by atoms with Crippen LogP contribution in [0, 0.1) is 0 Å². The molecule has 1 aromatic rings. The summed E-state index contributed by atoms with van der Waals surface area (Å²) in [7, 11) is 0. The van der Waals surface area contributed by atoms with E-state index in [4.69, 9.17) is 16.3 Å². The number of benzene rings is 1. The number of rotatable bonds is 2. The quantitative estimate of drug-likeness (QED) is 0.812. The van der Waals surface area contributed by atoms with E-state index in [2.05, 4.69) is 4.99 Å². The van der Waals surface area contributed by atoms with Crippen molar-refractivity contribution < 1.29 is 9.53 Å². The van der Waals surface area contributed by atoms with Crippen molar-refractivity contribution in [3.8, 4) is 0 Å². The van der Waals surface area contributed by atoms with E-state index in [9.17, 15) is 4.79 Å². The molecule has 0 fully saturated rings. The van der Waals surface area contributed by atoms with Crippen molar-refractivity contribution in [3.63, 3.8) is 0 Å². The number of hydrogen-bond donors (Lipinski definition) is 0. The van der Waals surface area contributed by atoms with Crippen molar-refractivity contribution in [1.82, 2.24) is 4.90 Å². The van der Waals surface area contributed by atoms with Crippen LogP contribution in [0.1, 0.15) is 12.5 Å². The molecule has 1 aliphatic rings. The lowest BCUT2D eigenvalue weighted by Crippen LogP contribution is -2.35. The third-order valence-corrected chi connectivity index (χ3v) is 2.77. The highest BCUT2D eigenvalue weighted by Gasteiger charge is 2.26. The van der Waals surface area contributed by atoms with E-state index in [0.29, 0.717) is 30.6 Å². The second kappa shape index (κ2) is 5.19. The first-order valence-electron chi connectivity index (χ1n) is 5.47. The summed E-state index contributed by atoms with van der Waals surface area (Å²) >= 11 is 6.09. The normalized spacial score (nSPS) is 14.7. The number of nitrogens with zero attached hydrogens (tertiary/aromatic N) is 2. The first-order valence-corrected chi connectivity index (χ1v) is 5.85. The Bertz CT molecular complexity index is 460. The van der Waals surface area contributed by atoms with Crippen LogP contribution in [0.4, 0.5) is 4.79 Å². The van der Waals surface area contributed by atoms with Gasteiger partial charge in [-0.3, -0.25) is 9.89 Å². The van der Waals surface area contributed by atoms with Crippen LogP contribution in [0.15, 0.2) is 29.3 Å². The fraction of sp³-hybridized carbons (Fsp3) is 0.333. The molecule has 17 heavy (non-hydrogen) atoms. The minimum atomic E-state index is -0.372. The Kier molecular flexibility index (Phi) is 3.64. The summed E-state index contributed by atoms with van der Waals surface area (Å²) in [5, 5.41) is 0.586. The zero-order valence-corrected chi connectivity index (χ0v) is 10.3. The summed E-state index contributed by atoms with van der Waals surface area (Å²) in [6.45, 7) is 3.25. The highest BCUT2D eigenvalue weighted by molar-refractivity contribution is 6.34. The molecule has 0 saturated carbocycles. The second-order valence-electron chi connectivity index (χ2n) is 3.54. The molecule has 1 amide bonds. The van der Waals surface area contributed by atoms with Crippen LogP contribution < -0.4 is 0 Å². The lowest BCUT2D eigenvalue weighted by Gasteiger charge is -2.18.